The second-order valence-corrected chi connectivity index (χ2v) is 5.52. The van der Waals surface area contributed by atoms with Crippen molar-refractivity contribution in [2.75, 3.05) is 18.4 Å². The van der Waals surface area contributed by atoms with Crippen molar-refractivity contribution in [2.45, 2.75) is 20.0 Å². The quantitative estimate of drug-likeness (QED) is 0.846. The fraction of sp³-hybridized carbons (Fsp3) is 0.312. The summed E-state index contributed by atoms with van der Waals surface area (Å²) in [4.78, 5) is 21.6. The van der Waals surface area contributed by atoms with Gasteiger partial charge in [0.2, 0.25) is 0 Å². The highest BCUT2D eigenvalue weighted by Crippen LogP contribution is 2.37. The zero-order chi connectivity index (χ0) is 18.6. The van der Waals surface area contributed by atoms with Crippen LogP contribution in [0.15, 0.2) is 30.6 Å². The maximum absolute atomic E-state index is 13.1. The van der Waals surface area contributed by atoms with Gasteiger partial charge in [0.1, 0.15) is 17.8 Å². The van der Waals surface area contributed by atoms with Gasteiger partial charge in [-0.3, -0.25) is 4.79 Å². The van der Waals surface area contributed by atoms with Crippen molar-refractivity contribution in [3.8, 4) is 0 Å². The largest absolute Gasteiger partial charge is 0.418 e. The molecule has 0 saturated carbocycles. The summed E-state index contributed by atoms with van der Waals surface area (Å²) in [7, 11) is 0. The molecule has 1 heterocycles. The Morgan fingerprint density at radius 2 is 1.88 bits per heavy atom. The highest BCUT2D eigenvalue weighted by Gasteiger charge is 2.34. The number of hydrogen-bond acceptors (Lipinski definition) is 4. The van der Waals surface area contributed by atoms with Gasteiger partial charge in [-0.25, -0.2) is 9.97 Å². The molecular formula is C16H16ClF3N4O. The zero-order valence-electron chi connectivity index (χ0n) is 13.6. The van der Waals surface area contributed by atoms with Crippen molar-refractivity contribution in [2.24, 2.45) is 0 Å². The van der Waals surface area contributed by atoms with Crippen LogP contribution < -0.4 is 5.32 Å². The lowest BCUT2D eigenvalue weighted by Crippen LogP contribution is -2.31. The van der Waals surface area contributed by atoms with E-state index in [2.05, 4.69) is 15.3 Å². The monoisotopic (exact) mass is 372 g/mol. The molecule has 9 heteroatoms. The molecule has 0 radical (unpaired) electrons. The number of carbonyl (C=O) groups excluding carboxylic acids is 1. The summed E-state index contributed by atoms with van der Waals surface area (Å²) >= 11 is 5.66. The zero-order valence-corrected chi connectivity index (χ0v) is 14.3. The maximum atomic E-state index is 13.1. The number of nitrogens with one attached hydrogen (secondary N) is 1. The van der Waals surface area contributed by atoms with Gasteiger partial charge in [-0.15, -0.1) is 0 Å². The van der Waals surface area contributed by atoms with Crippen LogP contribution in [0.3, 0.4) is 0 Å². The van der Waals surface area contributed by atoms with Gasteiger partial charge < -0.3 is 10.2 Å². The molecule has 2 rings (SSSR count). The van der Waals surface area contributed by atoms with Crippen LogP contribution in [0.4, 0.5) is 24.7 Å². The van der Waals surface area contributed by atoms with E-state index in [1.807, 2.05) is 13.8 Å². The molecule has 0 aliphatic rings. The molecule has 5 nitrogen and oxygen atoms in total. The topological polar surface area (TPSA) is 58.1 Å². The van der Waals surface area contributed by atoms with E-state index < -0.39 is 11.7 Å². The summed E-state index contributed by atoms with van der Waals surface area (Å²) in [5, 5.41) is 2.55. The molecule has 2 aromatic rings. The summed E-state index contributed by atoms with van der Waals surface area (Å²) in [6, 6.07) is 4.68. The second kappa shape index (κ2) is 7.69. The van der Waals surface area contributed by atoms with Gasteiger partial charge in [0, 0.05) is 24.2 Å². The molecule has 1 aromatic heterocycles. The van der Waals surface area contributed by atoms with Crippen molar-refractivity contribution in [3.05, 3.63) is 46.9 Å². The van der Waals surface area contributed by atoms with Gasteiger partial charge in [-0.1, -0.05) is 11.6 Å². The molecule has 0 atom stereocenters. The molecule has 0 unspecified atom stereocenters. The number of carbonyl (C=O) groups is 1. The predicted octanol–water partition coefficient (Wildman–Crippen LogP) is 4.37. The number of rotatable bonds is 5. The minimum atomic E-state index is -4.58. The number of benzene rings is 1. The molecule has 25 heavy (non-hydrogen) atoms. The van der Waals surface area contributed by atoms with E-state index in [1.54, 1.807) is 4.90 Å². The smallest absolute Gasteiger partial charge is 0.340 e. The van der Waals surface area contributed by atoms with Crippen LogP contribution >= 0.6 is 11.6 Å². The first-order chi connectivity index (χ1) is 11.8. The fourth-order valence-corrected chi connectivity index (χ4v) is 2.39. The summed E-state index contributed by atoms with van der Waals surface area (Å²) < 4.78 is 39.4. The Kier molecular flexibility index (Phi) is 5.84. The van der Waals surface area contributed by atoms with Gasteiger partial charge >= 0.3 is 6.18 Å². The number of hydrogen-bond donors (Lipinski definition) is 1. The summed E-state index contributed by atoms with van der Waals surface area (Å²) in [5.74, 6) is -0.235. The van der Waals surface area contributed by atoms with E-state index in [1.165, 1.54) is 18.2 Å². The first-order valence-electron chi connectivity index (χ1n) is 7.51. The number of aromatic nitrogens is 2. The number of anilines is 2. The molecule has 0 fully saturated rings. The minimum Gasteiger partial charge on any atom is -0.340 e. The molecule has 0 bridgehead atoms. The van der Waals surface area contributed by atoms with E-state index in [4.69, 9.17) is 11.6 Å². The Labute approximate surface area is 147 Å². The number of halogens is 4. The number of nitrogens with zero attached hydrogens (tertiary/aromatic N) is 3. The molecular weight excluding hydrogens is 357 g/mol. The Morgan fingerprint density at radius 3 is 2.48 bits per heavy atom. The van der Waals surface area contributed by atoms with Crippen molar-refractivity contribution < 1.29 is 18.0 Å². The second-order valence-electron chi connectivity index (χ2n) is 5.08. The van der Waals surface area contributed by atoms with Crippen LogP contribution in [-0.2, 0) is 6.18 Å². The van der Waals surface area contributed by atoms with Crippen LogP contribution in [0.2, 0.25) is 5.02 Å². The summed E-state index contributed by atoms with van der Waals surface area (Å²) in [6.45, 7) is 4.64. The van der Waals surface area contributed by atoms with Gasteiger partial charge in [0.15, 0.2) is 0 Å². The van der Waals surface area contributed by atoms with E-state index in [9.17, 15) is 18.0 Å². The molecule has 0 aliphatic carbocycles. The Balaban J connectivity index is 2.34. The van der Waals surface area contributed by atoms with Crippen LogP contribution in [0.1, 0.15) is 29.9 Å². The standard InChI is InChI=1S/C16H16ClF3N4O/c1-3-24(4-2)15(25)13-8-14(22-9-21-13)23-12-6-5-10(17)7-11(12)16(18,19)20/h5-9H,3-4H2,1-2H3,(H,21,22,23). The Bertz CT molecular complexity index is 763. The van der Waals surface area contributed by atoms with Crippen LogP contribution in [0.25, 0.3) is 0 Å². The molecule has 0 aliphatic heterocycles. The Morgan fingerprint density at radius 1 is 1.20 bits per heavy atom. The number of alkyl halides is 3. The first kappa shape index (κ1) is 19.0. The molecule has 0 saturated heterocycles. The van der Waals surface area contributed by atoms with Crippen molar-refractivity contribution in [1.29, 1.82) is 0 Å². The van der Waals surface area contributed by atoms with Crippen LogP contribution in [-0.4, -0.2) is 33.9 Å². The number of amides is 1. The van der Waals surface area contributed by atoms with Crippen molar-refractivity contribution in [1.82, 2.24) is 14.9 Å². The van der Waals surface area contributed by atoms with Crippen LogP contribution in [0.5, 0.6) is 0 Å². The fourth-order valence-electron chi connectivity index (χ4n) is 2.21. The maximum Gasteiger partial charge on any atom is 0.418 e. The normalized spacial score (nSPS) is 11.3. The van der Waals surface area contributed by atoms with Crippen molar-refractivity contribution in [3.63, 3.8) is 0 Å². The lowest BCUT2D eigenvalue weighted by atomic mass is 10.1. The molecule has 1 aromatic carbocycles. The third-order valence-corrected chi connectivity index (χ3v) is 3.72. The van der Waals surface area contributed by atoms with E-state index in [0.29, 0.717) is 13.1 Å². The lowest BCUT2D eigenvalue weighted by molar-refractivity contribution is -0.136. The molecule has 1 amide bonds. The minimum absolute atomic E-state index is 0.0297. The average Bonchev–Trinajstić information content (AvgIpc) is 2.57. The van der Waals surface area contributed by atoms with Gasteiger partial charge in [0.25, 0.3) is 5.91 Å². The highest BCUT2D eigenvalue weighted by molar-refractivity contribution is 6.30. The molecule has 134 valence electrons. The van der Waals surface area contributed by atoms with Crippen molar-refractivity contribution >= 4 is 29.0 Å². The van der Waals surface area contributed by atoms with E-state index in [0.717, 1.165) is 12.4 Å². The van der Waals surface area contributed by atoms with Gasteiger partial charge in [0.05, 0.1) is 11.3 Å². The molecule has 0 spiro atoms. The van der Waals surface area contributed by atoms with Gasteiger partial charge in [-0.2, -0.15) is 13.2 Å². The van der Waals surface area contributed by atoms with E-state index >= 15 is 0 Å². The van der Waals surface area contributed by atoms with Crippen LogP contribution in [0, 0.1) is 0 Å². The first-order valence-corrected chi connectivity index (χ1v) is 7.89. The third-order valence-electron chi connectivity index (χ3n) is 3.49. The predicted molar refractivity (Wildman–Crippen MR) is 89.0 cm³/mol. The summed E-state index contributed by atoms with van der Waals surface area (Å²) in [6.07, 6.45) is -3.46. The Hall–Kier alpha value is -2.35. The lowest BCUT2D eigenvalue weighted by Gasteiger charge is -2.18. The highest BCUT2D eigenvalue weighted by atomic mass is 35.5. The average molecular weight is 373 g/mol. The summed E-state index contributed by atoms with van der Waals surface area (Å²) in [5.41, 5.74) is -1.03. The SMILES string of the molecule is CCN(CC)C(=O)c1cc(Nc2ccc(Cl)cc2C(F)(F)F)ncn1. The van der Waals surface area contributed by atoms with Gasteiger partial charge in [-0.05, 0) is 32.0 Å². The van der Waals surface area contributed by atoms with E-state index in [-0.39, 0.29) is 28.1 Å². The third kappa shape index (κ3) is 4.60. The molecule has 1 N–H and O–H groups in total.